The monoisotopic (exact) mass is 232 g/mol. The Kier molecular flexibility index (Phi) is 6.53. The maximum atomic E-state index is 11.9. The van der Waals surface area contributed by atoms with Crippen molar-refractivity contribution in [3.63, 3.8) is 0 Å². The molecule has 1 unspecified atom stereocenters. The van der Waals surface area contributed by atoms with Crippen molar-refractivity contribution >= 4 is 10.0 Å². The van der Waals surface area contributed by atoms with Crippen LogP contribution in [0.25, 0.3) is 0 Å². The molecule has 0 N–H and O–H groups in total. The average molecular weight is 232 g/mol. The van der Waals surface area contributed by atoms with Crippen molar-refractivity contribution in [1.82, 2.24) is 4.31 Å². The first-order chi connectivity index (χ1) is 7.04. The quantitative estimate of drug-likeness (QED) is 0.671. The van der Waals surface area contributed by atoms with Crippen LogP contribution in [0.15, 0.2) is 0 Å². The van der Waals surface area contributed by atoms with Crippen LogP contribution in [0.5, 0.6) is 0 Å². The van der Waals surface area contributed by atoms with Crippen LogP contribution in [0, 0.1) is 11.3 Å². The molecular formula is C10H20N2O2S. The molecule has 0 heterocycles. The van der Waals surface area contributed by atoms with Gasteiger partial charge in [-0.2, -0.15) is 5.26 Å². The molecule has 88 valence electrons. The molecule has 0 saturated carbocycles. The smallest absolute Gasteiger partial charge is 0.211 e. The van der Waals surface area contributed by atoms with Crippen LogP contribution in [0.2, 0.25) is 0 Å². The van der Waals surface area contributed by atoms with Gasteiger partial charge in [-0.15, -0.1) is 0 Å². The van der Waals surface area contributed by atoms with Gasteiger partial charge in [-0.05, 0) is 12.8 Å². The van der Waals surface area contributed by atoms with Gasteiger partial charge in [0.15, 0.2) is 5.25 Å². The third-order valence-corrected chi connectivity index (χ3v) is 4.67. The molecule has 0 spiro atoms. The molecule has 0 aliphatic carbocycles. The molecule has 0 saturated heterocycles. The van der Waals surface area contributed by atoms with Gasteiger partial charge in [0.1, 0.15) is 0 Å². The lowest BCUT2D eigenvalue weighted by molar-refractivity contribution is 0.414. The van der Waals surface area contributed by atoms with E-state index in [1.165, 1.54) is 4.31 Å². The van der Waals surface area contributed by atoms with Crippen molar-refractivity contribution in [2.75, 3.05) is 13.1 Å². The van der Waals surface area contributed by atoms with Gasteiger partial charge in [0.05, 0.1) is 6.07 Å². The van der Waals surface area contributed by atoms with Gasteiger partial charge in [0, 0.05) is 13.1 Å². The lowest BCUT2D eigenvalue weighted by Gasteiger charge is -2.22. The van der Waals surface area contributed by atoms with Gasteiger partial charge in [-0.1, -0.05) is 27.2 Å². The summed E-state index contributed by atoms with van der Waals surface area (Å²) in [4.78, 5) is 0. The number of hydrogen-bond donors (Lipinski definition) is 0. The van der Waals surface area contributed by atoms with Gasteiger partial charge in [-0.3, -0.25) is 0 Å². The fraction of sp³-hybridized carbons (Fsp3) is 0.900. The molecule has 0 amide bonds. The molecule has 0 bridgehead atoms. The molecule has 15 heavy (non-hydrogen) atoms. The SMILES string of the molecule is CCCCN(CC)S(=O)(=O)C(C#N)CC. The van der Waals surface area contributed by atoms with E-state index in [-0.39, 0.29) is 0 Å². The third kappa shape index (κ3) is 3.80. The molecule has 0 radical (unpaired) electrons. The highest BCUT2D eigenvalue weighted by molar-refractivity contribution is 7.90. The molecule has 0 aliphatic rings. The molecule has 0 fully saturated rings. The Morgan fingerprint density at radius 1 is 1.33 bits per heavy atom. The summed E-state index contributed by atoms with van der Waals surface area (Å²) >= 11 is 0. The summed E-state index contributed by atoms with van der Waals surface area (Å²) in [7, 11) is -3.41. The highest BCUT2D eigenvalue weighted by atomic mass is 32.2. The van der Waals surface area contributed by atoms with Crippen LogP contribution in [0.4, 0.5) is 0 Å². The Morgan fingerprint density at radius 3 is 2.27 bits per heavy atom. The Bertz CT molecular complexity index is 306. The molecule has 4 nitrogen and oxygen atoms in total. The zero-order valence-electron chi connectivity index (χ0n) is 9.73. The van der Waals surface area contributed by atoms with E-state index in [2.05, 4.69) is 0 Å². The van der Waals surface area contributed by atoms with Gasteiger partial charge < -0.3 is 0 Å². The first-order valence-corrected chi connectivity index (χ1v) is 6.93. The Hall–Kier alpha value is -0.600. The molecule has 0 aromatic heterocycles. The van der Waals surface area contributed by atoms with Crippen molar-refractivity contribution < 1.29 is 8.42 Å². The summed E-state index contributed by atoms with van der Waals surface area (Å²) in [6, 6.07) is 1.85. The molecule has 5 heteroatoms. The highest BCUT2D eigenvalue weighted by Crippen LogP contribution is 2.12. The van der Waals surface area contributed by atoms with Gasteiger partial charge in [0.2, 0.25) is 10.0 Å². The van der Waals surface area contributed by atoms with Crippen LogP contribution in [0.1, 0.15) is 40.0 Å². The lowest BCUT2D eigenvalue weighted by atomic mass is 10.3. The van der Waals surface area contributed by atoms with E-state index in [1.807, 2.05) is 13.0 Å². The molecule has 0 aromatic carbocycles. The van der Waals surface area contributed by atoms with Crippen LogP contribution in [0.3, 0.4) is 0 Å². The van der Waals surface area contributed by atoms with E-state index in [9.17, 15) is 8.42 Å². The summed E-state index contributed by atoms with van der Waals surface area (Å²) in [6.07, 6.45) is 2.14. The maximum Gasteiger partial charge on any atom is 0.230 e. The van der Waals surface area contributed by atoms with Gasteiger partial charge >= 0.3 is 0 Å². The van der Waals surface area contributed by atoms with Crippen LogP contribution in [-0.4, -0.2) is 31.1 Å². The van der Waals surface area contributed by atoms with E-state index in [1.54, 1.807) is 13.8 Å². The lowest BCUT2D eigenvalue weighted by Crippen LogP contribution is -2.38. The molecule has 0 aromatic rings. The van der Waals surface area contributed by atoms with E-state index in [0.29, 0.717) is 19.5 Å². The van der Waals surface area contributed by atoms with Crippen LogP contribution in [-0.2, 0) is 10.0 Å². The fourth-order valence-corrected chi connectivity index (χ4v) is 3.01. The fourth-order valence-electron chi connectivity index (χ4n) is 1.35. The standard InChI is InChI=1S/C10H20N2O2S/c1-4-7-8-12(6-3)15(13,14)10(5-2)9-11/h10H,4-8H2,1-3H3. The topological polar surface area (TPSA) is 61.2 Å². The van der Waals surface area contributed by atoms with E-state index < -0.39 is 15.3 Å². The zero-order chi connectivity index (χ0) is 11.9. The molecule has 0 rings (SSSR count). The minimum atomic E-state index is -3.41. The maximum absolute atomic E-state index is 11.9. The number of hydrogen-bond acceptors (Lipinski definition) is 3. The van der Waals surface area contributed by atoms with E-state index in [4.69, 9.17) is 5.26 Å². The number of sulfonamides is 1. The predicted octanol–water partition coefficient (Wildman–Crippen LogP) is 1.74. The zero-order valence-corrected chi connectivity index (χ0v) is 10.5. The number of nitriles is 1. The summed E-state index contributed by atoms with van der Waals surface area (Å²) in [5.74, 6) is 0. The van der Waals surface area contributed by atoms with E-state index >= 15 is 0 Å². The number of nitrogens with zero attached hydrogens (tertiary/aromatic N) is 2. The van der Waals surface area contributed by atoms with Gasteiger partial charge in [-0.25, -0.2) is 12.7 Å². The normalized spacial score (nSPS) is 13.8. The third-order valence-electron chi connectivity index (χ3n) is 2.35. The second-order valence-corrected chi connectivity index (χ2v) is 5.53. The summed E-state index contributed by atoms with van der Waals surface area (Å²) < 4.78 is 25.3. The average Bonchev–Trinajstić information content (AvgIpc) is 2.20. The highest BCUT2D eigenvalue weighted by Gasteiger charge is 2.29. The first-order valence-electron chi connectivity index (χ1n) is 5.43. The van der Waals surface area contributed by atoms with Gasteiger partial charge in [0.25, 0.3) is 0 Å². The molecular weight excluding hydrogens is 212 g/mol. The van der Waals surface area contributed by atoms with Crippen LogP contribution < -0.4 is 0 Å². The minimum absolute atomic E-state index is 0.349. The van der Waals surface area contributed by atoms with E-state index in [0.717, 1.165) is 12.8 Å². The molecule has 1 atom stereocenters. The predicted molar refractivity (Wildman–Crippen MR) is 60.8 cm³/mol. The van der Waals surface area contributed by atoms with Crippen molar-refractivity contribution in [2.24, 2.45) is 0 Å². The Balaban J connectivity index is 4.73. The summed E-state index contributed by atoms with van der Waals surface area (Å²) in [5.41, 5.74) is 0. The minimum Gasteiger partial charge on any atom is -0.211 e. The number of unbranched alkanes of at least 4 members (excludes halogenated alkanes) is 1. The summed E-state index contributed by atoms with van der Waals surface area (Å²) in [6.45, 7) is 6.51. The Labute approximate surface area is 92.9 Å². The van der Waals surface area contributed by atoms with Crippen LogP contribution >= 0.6 is 0 Å². The second-order valence-electron chi connectivity index (χ2n) is 3.42. The number of rotatable bonds is 7. The van der Waals surface area contributed by atoms with Crippen molar-refractivity contribution in [2.45, 2.75) is 45.3 Å². The van der Waals surface area contributed by atoms with Crippen molar-refractivity contribution in [3.05, 3.63) is 0 Å². The molecule has 0 aliphatic heterocycles. The second kappa shape index (κ2) is 6.81. The van der Waals surface area contributed by atoms with Crippen molar-refractivity contribution in [3.8, 4) is 6.07 Å². The van der Waals surface area contributed by atoms with Crippen molar-refractivity contribution in [1.29, 1.82) is 5.26 Å². The summed E-state index contributed by atoms with van der Waals surface area (Å²) in [5, 5.41) is 7.88. The largest absolute Gasteiger partial charge is 0.230 e. The Morgan fingerprint density at radius 2 is 1.93 bits per heavy atom. The first kappa shape index (κ1) is 14.4.